The molecule has 1 fully saturated rings. The number of nitrogens with zero attached hydrogens (tertiary/aromatic N) is 1. The first-order chi connectivity index (χ1) is 14.7. The summed E-state index contributed by atoms with van der Waals surface area (Å²) in [6.45, 7) is 1.68. The molecule has 1 aliphatic carbocycles. The number of aliphatic hydroxyl groups is 1. The highest BCUT2D eigenvalue weighted by Gasteiger charge is 2.36. The van der Waals surface area contributed by atoms with Crippen LogP contribution in [-0.4, -0.2) is 48.2 Å². The minimum absolute atomic E-state index is 0.0556. The number of hydrogen-bond acceptors (Lipinski definition) is 5. The number of carbonyl (C=O) groups excluding carboxylic acids is 1. The minimum Gasteiger partial charge on any atom is -0.493 e. The predicted molar refractivity (Wildman–Crippen MR) is 109 cm³/mol. The zero-order chi connectivity index (χ0) is 22.6. The topological polar surface area (TPSA) is 59.0 Å². The molecular formula is C23H26F3NO4. The molecule has 0 spiro atoms. The molecule has 0 aliphatic heterocycles. The summed E-state index contributed by atoms with van der Waals surface area (Å²) >= 11 is 0. The second-order valence-corrected chi connectivity index (χ2v) is 7.70. The molecule has 1 aliphatic rings. The molecule has 0 amide bonds. The fourth-order valence-corrected chi connectivity index (χ4v) is 3.45. The Morgan fingerprint density at radius 2 is 1.90 bits per heavy atom. The molecule has 168 valence electrons. The Labute approximate surface area is 179 Å². The Hall–Kier alpha value is -2.58. The van der Waals surface area contributed by atoms with E-state index in [1.165, 1.54) is 26.2 Å². The van der Waals surface area contributed by atoms with E-state index >= 15 is 0 Å². The van der Waals surface area contributed by atoms with Crippen molar-refractivity contribution >= 4 is 5.78 Å². The number of alkyl halides is 3. The quantitative estimate of drug-likeness (QED) is 0.561. The smallest absolute Gasteiger partial charge is 0.416 e. The van der Waals surface area contributed by atoms with Crippen LogP contribution in [0.1, 0.15) is 41.3 Å². The highest BCUT2D eigenvalue weighted by molar-refractivity contribution is 5.94. The van der Waals surface area contributed by atoms with Crippen molar-refractivity contribution in [2.75, 3.05) is 20.3 Å². The lowest BCUT2D eigenvalue weighted by molar-refractivity contribution is -0.138. The number of halogens is 3. The van der Waals surface area contributed by atoms with Gasteiger partial charge in [0, 0.05) is 24.7 Å². The van der Waals surface area contributed by atoms with Gasteiger partial charge in [-0.1, -0.05) is 18.2 Å². The van der Waals surface area contributed by atoms with Gasteiger partial charge in [-0.15, -0.1) is 0 Å². The van der Waals surface area contributed by atoms with E-state index < -0.39 is 17.8 Å². The minimum atomic E-state index is -4.42. The lowest BCUT2D eigenvalue weighted by Gasteiger charge is -2.26. The Morgan fingerprint density at radius 3 is 2.52 bits per heavy atom. The zero-order valence-corrected chi connectivity index (χ0v) is 17.5. The molecule has 1 saturated carbocycles. The SMILES string of the molecule is COc1cc(C(C)=O)ccc1OCC(O)CN(Cc1ccccc1C(F)(F)F)C1CC1. The van der Waals surface area contributed by atoms with E-state index in [0.29, 0.717) is 17.1 Å². The molecule has 2 aromatic carbocycles. The van der Waals surface area contributed by atoms with Crippen molar-refractivity contribution in [2.24, 2.45) is 0 Å². The number of methoxy groups -OCH3 is 1. The normalized spacial score (nSPS) is 15.1. The number of Topliss-reactive ketones (excluding diaryl/α,β-unsaturated/α-hetero) is 1. The molecule has 1 atom stereocenters. The van der Waals surface area contributed by atoms with Gasteiger partial charge < -0.3 is 14.6 Å². The van der Waals surface area contributed by atoms with Crippen molar-refractivity contribution in [3.8, 4) is 11.5 Å². The van der Waals surface area contributed by atoms with Crippen molar-refractivity contribution in [3.63, 3.8) is 0 Å². The monoisotopic (exact) mass is 437 g/mol. The number of rotatable bonds is 10. The third-order valence-electron chi connectivity index (χ3n) is 5.21. The van der Waals surface area contributed by atoms with Crippen LogP contribution in [-0.2, 0) is 12.7 Å². The lowest BCUT2D eigenvalue weighted by Crippen LogP contribution is -2.37. The van der Waals surface area contributed by atoms with Gasteiger partial charge in [-0.05, 0) is 49.6 Å². The van der Waals surface area contributed by atoms with Crippen LogP contribution in [0.5, 0.6) is 11.5 Å². The molecule has 2 aromatic rings. The van der Waals surface area contributed by atoms with Crippen LogP contribution in [0, 0.1) is 0 Å². The summed E-state index contributed by atoms with van der Waals surface area (Å²) < 4.78 is 50.9. The first kappa shape index (κ1) is 23.1. The van der Waals surface area contributed by atoms with Crippen LogP contribution in [0.2, 0.25) is 0 Å². The largest absolute Gasteiger partial charge is 0.493 e. The van der Waals surface area contributed by atoms with Crippen LogP contribution < -0.4 is 9.47 Å². The Bertz CT molecular complexity index is 912. The molecule has 0 heterocycles. The van der Waals surface area contributed by atoms with E-state index in [9.17, 15) is 23.1 Å². The first-order valence-corrected chi connectivity index (χ1v) is 10.1. The summed E-state index contributed by atoms with van der Waals surface area (Å²) in [6, 6.07) is 10.4. The molecule has 0 radical (unpaired) electrons. The maximum atomic E-state index is 13.3. The molecule has 0 saturated heterocycles. The molecular weight excluding hydrogens is 411 g/mol. The number of benzene rings is 2. The maximum Gasteiger partial charge on any atom is 0.416 e. The third-order valence-corrected chi connectivity index (χ3v) is 5.21. The summed E-state index contributed by atoms with van der Waals surface area (Å²) in [5.74, 6) is 0.647. The Balaban J connectivity index is 1.64. The maximum absolute atomic E-state index is 13.3. The van der Waals surface area contributed by atoms with Gasteiger partial charge in [-0.3, -0.25) is 9.69 Å². The van der Waals surface area contributed by atoms with Gasteiger partial charge in [0.25, 0.3) is 0 Å². The first-order valence-electron chi connectivity index (χ1n) is 10.1. The average Bonchev–Trinajstić information content (AvgIpc) is 3.56. The second-order valence-electron chi connectivity index (χ2n) is 7.70. The van der Waals surface area contributed by atoms with Crippen molar-refractivity contribution in [2.45, 2.75) is 44.6 Å². The van der Waals surface area contributed by atoms with Crippen molar-refractivity contribution in [1.82, 2.24) is 4.90 Å². The van der Waals surface area contributed by atoms with E-state index in [1.54, 1.807) is 24.3 Å². The van der Waals surface area contributed by atoms with Crippen LogP contribution in [0.25, 0.3) is 0 Å². The highest BCUT2D eigenvalue weighted by atomic mass is 19.4. The summed E-state index contributed by atoms with van der Waals surface area (Å²) in [6.07, 6.45) is -3.55. The summed E-state index contributed by atoms with van der Waals surface area (Å²) in [5.41, 5.74) is 0.0196. The lowest BCUT2D eigenvalue weighted by atomic mass is 10.1. The number of hydrogen-bond donors (Lipinski definition) is 1. The van der Waals surface area contributed by atoms with E-state index in [2.05, 4.69) is 0 Å². The van der Waals surface area contributed by atoms with Gasteiger partial charge in [0.05, 0.1) is 12.7 Å². The molecule has 5 nitrogen and oxygen atoms in total. The van der Waals surface area contributed by atoms with Crippen LogP contribution >= 0.6 is 0 Å². The van der Waals surface area contributed by atoms with Gasteiger partial charge in [0.15, 0.2) is 17.3 Å². The second kappa shape index (κ2) is 9.70. The van der Waals surface area contributed by atoms with E-state index in [-0.39, 0.29) is 37.1 Å². The molecule has 31 heavy (non-hydrogen) atoms. The Morgan fingerprint density at radius 1 is 1.19 bits per heavy atom. The van der Waals surface area contributed by atoms with Gasteiger partial charge in [0.1, 0.15) is 12.7 Å². The van der Waals surface area contributed by atoms with Crippen molar-refractivity contribution in [1.29, 1.82) is 0 Å². The molecule has 1 unspecified atom stereocenters. The van der Waals surface area contributed by atoms with E-state index in [0.717, 1.165) is 18.9 Å². The van der Waals surface area contributed by atoms with Crippen LogP contribution in [0.15, 0.2) is 42.5 Å². The zero-order valence-electron chi connectivity index (χ0n) is 17.5. The molecule has 0 bridgehead atoms. The molecule has 1 N–H and O–H groups in total. The number of aliphatic hydroxyl groups excluding tert-OH is 1. The number of ether oxygens (including phenoxy) is 2. The average molecular weight is 437 g/mol. The molecule has 8 heteroatoms. The van der Waals surface area contributed by atoms with E-state index in [4.69, 9.17) is 9.47 Å². The van der Waals surface area contributed by atoms with Crippen LogP contribution in [0.3, 0.4) is 0 Å². The number of carbonyl (C=O) groups is 1. The Kier molecular flexibility index (Phi) is 7.23. The standard InChI is InChI=1S/C23H26F3NO4/c1-15(28)16-7-10-21(22(11-16)30-2)31-14-19(29)13-27(18-8-9-18)12-17-5-3-4-6-20(17)23(24,25)26/h3-7,10-11,18-19,29H,8-9,12-14H2,1-2H3. The van der Waals surface area contributed by atoms with Gasteiger partial charge in [-0.2, -0.15) is 13.2 Å². The van der Waals surface area contributed by atoms with Gasteiger partial charge in [-0.25, -0.2) is 0 Å². The summed E-state index contributed by atoms with van der Waals surface area (Å²) in [5, 5.41) is 10.5. The highest BCUT2D eigenvalue weighted by Crippen LogP contribution is 2.35. The predicted octanol–water partition coefficient (Wildman–Crippen LogP) is 4.32. The molecule has 3 rings (SSSR count). The van der Waals surface area contributed by atoms with E-state index in [1.807, 2.05) is 4.90 Å². The number of ketones is 1. The van der Waals surface area contributed by atoms with Crippen molar-refractivity contribution in [3.05, 3.63) is 59.2 Å². The fraction of sp³-hybridized carbons (Fsp3) is 0.435. The molecule has 0 aromatic heterocycles. The van der Waals surface area contributed by atoms with Gasteiger partial charge >= 0.3 is 6.18 Å². The van der Waals surface area contributed by atoms with Crippen molar-refractivity contribution < 1.29 is 32.5 Å². The third kappa shape index (κ3) is 6.21. The summed E-state index contributed by atoms with van der Waals surface area (Å²) in [4.78, 5) is 13.4. The summed E-state index contributed by atoms with van der Waals surface area (Å²) in [7, 11) is 1.45. The van der Waals surface area contributed by atoms with Crippen LogP contribution in [0.4, 0.5) is 13.2 Å². The fourth-order valence-electron chi connectivity index (χ4n) is 3.45. The van der Waals surface area contributed by atoms with Gasteiger partial charge in [0.2, 0.25) is 0 Å².